The van der Waals surface area contributed by atoms with E-state index in [4.69, 9.17) is 0 Å². The van der Waals surface area contributed by atoms with Gasteiger partial charge in [-0.05, 0) is 12.1 Å². The van der Waals surface area contributed by atoms with Gasteiger partial charge < -0.3 is 10.2 Å². The van der Waals surface area contributed by atoms with Gasteiger partial charge in [0.2, 0.25) is 0 Å². The van der Waals surface area contributed by atoms with Crippen molar-refractivity contribution < 1.29 is 18.0 Å². The summed E-state index contributed by atoms with van der Waals surface area (Å²) >= 11 is 0. The monoisotopic (exact) mass is 299 g/mol. The van der Waals surface area contributed by atoms with E-state index in [2.05, 4.69) is 10.2 Å². The molecule has 21 heavy (non-hydrogen) atoms. The fourth-order valence-corrected chi connectivity index (χ4v) is 2.76. The van der Waals surface area contributed by atoms with E-state index < -0.39 is 28.9 Å². The van der Waals surface area contributed by atoms with Gasteiger partial charge in [-0.2, -0.15) is 0 Å². The van der Waals surface area contributed by atoms with Crippen molar-refractivity contribution in [2.45, 2.75) is 6.04 Å². The number of carbonyl (C=O) groups is 1. The molecule has 0 saturated carbocycles. The molecular formula is C14H16F3N3O. The third kappa shape index (κ3) is 2.63. The van der Waals surface area contributed by atoms with Crippen molar-refractivity contribution in [2.24, 2.45) is 0 Å². The van der Waals surface area contributed by atoms with Crippen LogP contribution in [0.25, 0.3) is 0 Å². The number of hydrogen-bond acceptors (Lipinski definition) is 3. The minimum absolute atomic E-state index is 0.268. The molecule has 0 bridgehead atoms. The Labute approximate surface area is 120 Å². The standard InChI is InChI=1S/C14H16F3N3O/c15-11-2-1-10(12(16)13(11)17)14(21)20-7-9(8-20)19-5-3-18-4-6-19/h1-2,9,18H,3-8H2. The number of piperazine rings is 1. The molecule has 0 aromatic heterocycles. The molecule has 0 atom stereocenters. The van der Waals surface area contributed by atoms with Gasteiger partial charge in [0, 0.05) is 45.3 Å². The maximum Gasteiger partial charge on any atom is 0.257 e. The summed E-state index contributed by atoms with van der Waals surface area (Å²) in [4.78, 5) is 15.8. The first-order valence-electron chi connectivity index (χ1n) is 6.95. The second kappa shape index (κ2) is 5.65. The highest BCUT2D eigenvalue weighted by molar-refractivity contribution is 5.95. The van der Waals surface area contributed by atoms with E-state index in [-0.39, 0.29) is 6.04 Å². The summed E-state index contributed by atoms with van der Waals surface area (Å²) in [6, 6.07) is 2.04. The molecular weight excluding hydrogens is 283 g/mol. The SMILES string of the molecule is O=C(c1ccc(F)c(F)c1F)N1CC(N2CCNCC2)C1. The van der Waals surface area contributed by atoms with Crippen LogP contribution >= 0.6 is 0 Å². The first-order chi connectivity index (χ1) is 10.1. The maximum absolute atomic E-state index is 13.6. The van der Waals surface area contributed by atoms with Gasteiger partial charge >= 0.3 is 0 Å². The van der Waals surface area contributed by atoms with Crippen LogP contribution < -0.4 is 5.32 Å². The van der Waals surface area contributed by atoms with Crippen LogP contribution in [0.3, 0.4) is 0 Å². The highest BCUT2D eigenvalue weighted by atomic mass is 19.2. The number of halogens is 3. The lowest BCUT2D eigenvalue weighted by Gasteiger charge is -2.46. The molecule has 3 rings (SSSR count). The Hall–Kier alpha value is -1.60. The minimum Gasteiger partial charge on any atom is -0.335 e. The van der Waals surface area contributed by atoms with Crippen molar-refractivity contribution in [1.29, 1.82) is 0 Å². The van der Waals surface area contributed by atoms with E-state index >= 15 is 0 Å². The number of rotatable bonds is 2. The van der Waals surface area contributed by atoms with Gasteiger partial charge in [0.25, 0.3) is 5.91 Å². The van der Waals surface area contributed by atoms with Crippen molar-refractivity contribution in [1.82, 2.24) is 15.1 Å². The van der Waals surface area contributed by atoms with Crippen molar-refractivity contribution in [3.8, 4) is 0 Å². The van der Waals surface area contributed by atoms with Crippen molar-refractivity contribution in [3.63, 3.8) is 0 Å². The topological polar surface area (TPSA) is 35.6 Å². The number of nitrogens with one attached hydrogen (secondary N) is 1. The zero-order valence-corrected chi connectivity index (χ0v) is 11.4. The van der Waals surface area contributed by atoms with Gasteiger partial charge in [-0.1, -0.05) is 0 Å². The predicted molar refractivity (Wildman–Crippen MR) is 70.5 cm³/mol. The normalized spacial score (nSPS) is 20.4. The molecule has 0 unspecified atom stereocenters. The molecule has 2 aliphatic rings. The van der Waals surface area contributed by atoms with Crippen LogP contribution in [0, 0.1) is 17.5 Å². The predicted octanol–water partition coefficient (Wildman–Crippen LogP) is 0.833. The summed E-state index contributed by atoms with van der Waals surface area (Å²) in [5, 5.41) is 3.25. The molecule has 2 fully saturated rings. The first-order valence-corrected chi connectivity index (χ1v) is 6.95. The number of hydrogen-bond donors (Lipinski definition) is 1. The van der Waals surface area contributed by atoms with E-state index in [9.17, 15) is 18.0 Å². The largest absolute Gasteiger partial charge is 0.335 e. The Kier molecular flexibility index (Phi) is 3.86. The van der Waals surface area contributed by atoms with Crippen LogP contribution in [0.2, 0.25) is 0 Å². The zero-order chi connectivity index (χ0) is 15.0. The summed E-state index contributed by atoms with van der Waals surface area (Å²) in [6.07, 6.45) is 0. The van der Waals surface area contributed by atoms with Gasteiger partial charge in [0.05, 0.1) is 5.56 Å². The number of likely N-dealkylation sites (tertiary alicyclic amines) is 1. The molecule has 0 radical (unpaired) electrons. The summed E-state index contributed by atoms with van der Waals surface area (Å²) < 4.78 is 39.6. The minimum atomic E-state index is -1.60. The van der Waals surface area contributed by atoms with Gasteiger partial charge in [-0.15, -0.1) is 0 Å². The molecule has 4 nitrogen and oxygen atoms in total. The van der Waals surface area contributed by atoms with Crippen LogP contribution in [-0.4, -0.2) is 61.0 Å². The third-order valence-corrected chi connectivity index (χ3v) is 4.08. The Morgan fingerprint density at radius 2 is 1.76 bits per heavy atom. The molecule has 1 aromatic carbocycles. The number of nitrogens with zero attached hydrogens (tertiary/aromatic N) is 2. The summed E-state index contributed by atoms with van der Waals surface area (Å²) in [6.45, 7) is 4.68. The molecule has 0 spiro atoms. The fraction of sp³-hybridized carbons (Fsp3) is 0.500. The molecule has 2 aliphatic heterocycles. The van der Waals surface area contributed by atoms with E-state index in [0.29, 0.717) is 13.1 Å². The number of benzene rings is 1. The van der Waals surface area contributed by atoms with Gasteiger partial charge in [0.1, 0.15) is 0 Å². The average molecular weight is 299 g/mol. The van der Waals surface area contributed by atoms with E-state index in [1.807, 2.05) is 0 Å². The number of carbonyl (C=O) groups excluding carboxylic acids is 1. The lowest BCUT2D eigenvalue weighted by Crippen LogP contribution is -2.63. The van der Waals surface area contributed by atoms with Gasteiger partial charge in [-0.3, -0.25) is 9.69 Å². The fourth-order valence-electron chi connectivity index (χ4n) is 2.76. The van der Waals surface area contributed by atoms with Crippen molar-refractivity contribution in [2.75, 3.05) is 39.3 Å². The van der Waals surface area contributed by atoms with Gasteiger partial charge in [-0.25, -0.2) is 13.2 Å². The van der Waals surface area contributed by atoms with Crippen LogP contribution in [0.1, 0.15) is 10.4 Å². The molecule has 2 saturated heterocycles. The van der Waals surface area contributed by atoms with Crippen LogP contribution in [0.5, 0.6) is 0 Å². The Morgan fingerprint density at radius 3 is 2.43 bits per heavy atom. The summed E-state index contributed by atoms with van der Waals surface area (Å²) in [5.74, 6) is -4.88. The number of amides is 1. The highest BCUT2D eigenvalue weighted by Crippen LogP contribution is 2.22. The Morgan fingerprint density at radius 1 is 1.10 bits per heavy atom. The van der Waals surface area contributed by atoms with Crippen molar-refractivity contribution >= 4 is 5.91 Å². The molecule has 1 amide bonds. The zero-order valence-electron chi connectivity index (χ0n) is 11.4. The lowest BCUT2D eigenvalue weighted by atomic mass is 10.0. The Bertz CT molecular complexity index is 555. The van der Waals surface area contributed by atoms with E-state index in [0.717, 1.165) is 38.3 Å². The second-order valence-electron chi connectivity index (χ2n) is 5.37. The molecule has 0 aliphatic carbocycles. The highest BCUT2D eigenvalue weighted by Gasteiger charge is 2.36. The summed E-state index contributed by atoms with van der Waals surface area (Å²) in [7, 11) is 0. The van der Waals surface area contributed by atoms with E-state index in [1.54, 1.807) is 0 Å². The molecule has 1 aromatic rings. The summed E-state index contributed by atoms with van der Waals surface area (Å²) in [5.41, 5.74) is -0.410. The molecule has 114 valence electrons. The molecule has 2 heterocycles. The second-order valence-corrected chi connectivity index (χ2v) is 5.37. The van der Waals surface area contributed by atoms with E-state index in [1.165, 1.54) is 4.90 Å². The Balaban J connectivity index is 1.64. The lowest BCUT2D eigenvalue weighted by molar-refractivity contribution is 0.0223. The van der Waals surface area contributed by atoms with Gasteiger partial charge in [0.15, 0.2) is 17.5 Å². The molecule has 1 N–H and O–H groups in total. The maximum atomic E-state index is 13.6. The quantitative estimate of drug-likeness (QED) is 0.822. The van der Waals surface area contributed by atoms with Crippen LogP contribution in [0.4, 0.5) is 13.2 Å². The third-order valence-electron chi connectivity index (χ3n) is 4.08. The molecule has 7 heteroatoms. The average Bonchev–Trinajstić information content (AvgIpc) is 2.44. The van der Waals surface area contributed by atoms with Crippen LogP contribution in [0.15, 0.2) is 12.1 Å². The van der Waals surface area contributed by atoms with Crippen LogP contribution in [-0.2, 0) is 0 Å². The first kappa shape index (κ1) is 14.3. The smallest absolute Gasteiger partial charge is 0.257 e. The van der Waals surface area contributed by atoms with Crippen molar-refractivity contribution in [3.05, 3.63) is 35.1 Å².